The van der Waals surface area contributed by atoms with Crippen LogP contribution in [0, 0.1) is 0 Å². The molecule has 0 unspecified atom stereocenters. The zero-order chi connectivity index (χ0) is 59.5. The molecule has 0 amide bonds. The second kappa shape index (κ2) is 28.4. The third-order valence-electron chi connectivity index (χ3n) is 14.8. The summed E-state index contributed by atoms with van der Waals surface area (Å²) in [5, 5.41) is 0. The average molecular weight is 1230 g/mol. The molecule has 7 aromatic heterocycles. The van der Waals surface area contributed by atoms with Crippen LogP contribution in [0.4, 0.5) is 52.7 Å². The van der Waals surface area contributed by atoms with Gasteiger partial charge in [0.25, 0.3) is 0 Å². The first-order chi connectivity index (χ1) is 40.2. The number of aromatic nitrogens is 8. The predicted octanol–water partition coefficient (Wildman–Crippen LogP) is 16.2. The van der Waals surface area contributed by atoms with Gasteiger partial charge in [0.15, 0.2) is 24.8 Å². The maximum atomic E-state index is 13.2. The molecule has 0 N–H and O–H groups in total. The predicted molar refractivity (Wildman–Crippen MR) is 297 cm³/mol. The summed E-state index contributed by atoms with van der Waals surface area (Å²) in [7, 11) is 0. The van der Waals surface area contributed by atoms with Crippen LogP contribution in [-0.4, -0.2) is 34.7 Å². The fourth-order valence-electron chi connectivity index (χ4n) is 10.9. The van der Waals surface area contributed by atoms with Gasteiger partial charge in [-0.25, -0.2) is 9.97 Å². The Kier molecular flexibility index (Phi) is 21.3. The van der Waals surface area contributed by atoms with Crippen LogP contribution in [-0.2, 0) is 43.2 Å². The number of nitrogens with zero attached hydrogens (tertiary/aromatic N) is 8. The van der Waals surface area contributed by atoms with E-state index in [-0.39, 0.29) is 42.8 Å². The van der Waals surface area contributed by atoms with Crippen molar-refractivity contribution in [1.29, 1.82) is 0 Å². The van der Waals surface area contributed by atoms with Gasteiger partial charge in [-0.05, 0) is 99.9 Å². The third kappa shape index (κ3) is 17.5. The summed E-state index contributed by atoms with van der Waals surface area (Å²) in [6, 6.07) is 29.9. The largest absolute Gasteiger partial charge is 2.00 e. The van der Waals surface area contributed by atoms with Crippen molar-refractivity contribution in [2.75, 3.05) is 0 Å². The molecule has 0 aromatic carbocycles. The van der Waals surface area contributed by atoms with Crippen LogP contribution in [0.2, 0.25) is 0 Å². The first kappa shape index (κ1) is 63.9. The maximum absolute atomic E-state index is 13.2. The summed E-state index contributed by atoms with van der Waals surface area (Å²) in [6.07, 6.45) is -2.86. The molecule has 447 valence electrons. The summed E-state index contributed by atoms with van der Waals surface area (Å²) in [5.74, 6) is 0. The van der Waals surface area contributed by atoms with Crippen molar-refractivity contribution < 1.29 is 88.0 Å². The molecule has 21 heteroatoms. The van der Waals surface area contributed by atoms with Gasteiger partial charge in [0.2, 0.25) is 22.8 Å². The van der Waals surface area contributed by atoms with E-state index in [0.29, 0.717) is 167 Å². The summed E-state index contributed by atoms with van der Waals surface area (Å²) >= 11 is 0. The first-order valence-electron chi connectivity index (χ1n) is 28.5. The Hall–Kier alpha value is -7.12. The van der Waals surface area contributed by atoms with Crippen LogP contribution in [0.1, 0.15) is 126 Å². The Labute approximate surface area is 495 Å². The van der Waals surface area contributed by atoms with Gasteiger partial charge in [-0.2, -0.15) is 71.0 Å². The molecule has 85 heavy (non-hydrogen) atoms. The molecule has 7 aromatic rings. The number of halogens is 12. The fraction of sp³-hybridized carbons (Fsp3) is 0.375. The van der Waals surface area contributed by atoms with Gasteiger partial charge >= 0.3 is 41.8 Å². The van der Waals surface area contributed by atoms with E-state index in [1.807, 2.05) is 164 Å². The molecule has 2 aliphatic heterocycles. The minimum atomic E-state index is -4.28. The molecule has 9 heterocycles. The van der Waals surface area contributed by atoms with Gasteiger partial charge in [-0.1, -0.05) is 24.3 Å². The molecular weight excluding hydrogens is 1160 g/mol. The molecule has 0 atom stereocenters. The van der Waals surface area contributed by atoms with Crippen LogP contribution < -0.4 is 28.2 Å². The van der Waals surface area contributed by atoms with Crippen LogP contribution >= 0.6 is 0 Å². The molecule has 9 rings (SSSR count). The van der Waals surface area contributed by atoms with Crippen molar-refractivity contribution in [3.8, 4) is 45.0 Å². The Morgan fingerprint density at radius 3 is 0.729 bits per heavy atom. The number of pyridine rings is 4. The molecule has 8 bridgehead atoms. The summed E-state index contributed by atoms with van der Waals surface area (Å²) in [5.41, 5.74) is 9.04. The van der Waals surface area contributed by atoms with E-state index in [2.05, 4.69) is 0 Å². The van der Waals surface area contributed by atoms with Crippen LogP contribution in [0.3, 0.4) is 0 Å². The van der Waals surface area contributed by atoms with Gasteiger partial charge in [-0.3, -0.25) is 0 Å². The summed E-state index contributed by atoms with van der Waals surface area (Å²) < 4.78 is 167. The minimum absolute atomic E-state index is 0. The maximum Gasteiger partial charge on any atom is 2.00 e. The quantitative estimate of drug-likeness (QED) is 0.0262. The standard InChI is InChI=1S/C64H64F12N8.Mn/c65-61(66,67)33-9-1-13-37-81-41-17-5-21-53(81)57-45-25-27-47(77-45)58(54-22-6-18-42-82(54)38-14-2-10-34-62(68,69)70)49-29-31-51(79-49)60(56-24-8-20-44-84(56)40-16-4-12-36-64(74,75)76)52-32-30-50(80-52)59(48-28-26-46(57)78-48)55-23-7-19-43-83(55)39-15-3-11-35-63(71,72)73;/h5-8,17-32,41-44H,1-4,9-16,33-40H2;/q2*+2. The molecular formula is C64H64F12MnN8+4. The monoisotopic (exact) mass is 1230 g/mol. The number of hydrogen-bond donors (Lipinski definition) is 0. The molecule has 2 aliphatic rings. The van der Waals surface area contributed by atoms with Gasteiger partial charge in [-0.15, -0.1) is 22.1 Å². The first-order valence-corrected chi connectivity index (χ1v) is 28.5. The van der Waals surface area contributed by atoms with E-state index in [1.54, 1.807) is 0 Å². The summed E-state index contributed by atoms with van der Waals surface area (Å²) in [6.45, 7) is 1.47. The Balaban J connectivity index is 0.00000940. The normalized spacial score (nSPS) is 12.8. The van der Waals surface area contributed by atoms with Crippen LogP contribution in [0.25, 0.3) is 91.4 Å². The smallest absolute Gasteiger partial charge is 0.656 e. The Bertz CT molecular complexity index is 3170. The van der Waals surface area contributed by atoms with Crippen molar-refractivity contribution >= 4 is 46.4 Å². The Morgan fingerprint density at radius 2 is 0.518 bits per heavy atom. The average Bonchev–Trinajstić information content (AvgIpc) is 1.88. The molecule has 0 aliphatic carbocycles. The second-order valence-corrected chi connectivity index (χ2v) is 21.2. The fourth-order valence-corrected chi connectivity index (χ4v) is 10.9. The van der Waals surface area contributed by atoms with E-state index in [9.17, 15) is 52.7 Å². The van der Waals surface area contributed by atoms with Gasteiger partial charge in [0.05, 0.1) is 45.0 Å². The number of alkyl halides is 12. The zero-order valence-electron chi connectivity index (χ0n) is 46.5. The summed E-state index contributed by atoms with van der Waals surface area (Å²) in [4.78, 5) is 21.6. The van der Waals surface area contributed by atoms with Crippen molar-refractivity contribution in [2.45, 2.75) is 154 Å². The topological polar surface area (TPSA) is 69.5 Å². The van der Waals surface area contributed by atoms with Crippen LogP contribution in [0.5, 0.6) is 0 Å². The second-order valence-electron chi connectivity index (χ2n) is 21.2. The van der Waals surface area contributed by atoms with Gasteiger partial charge < -0.3 is 9.97 Å². The van der Waals surface area contributed by atoms with Crippen molar-refractivity contribution in [1.82, 2.24) is 19.9 Å². The van der Waals surface area contributed by atoms with Crippen molar-refractivity contribution in [2.24, 2.45) is 0 Å². The zero-order valence-corrected chi connectivity index (χ0v) is 47.7. The number of fused-ring (bicyclic) bond motifs is 8. The van der Waals surface area contributed by atoms with Gasteiger partial charge in [0.1, 0.15) is 26.2 Å². The van der Waals surface area contributed by atoms with E-state index >= 15 is 0 Å². The molecule has 0 saturated carbocycles. The number of unbranched alkanes of at least 4 members (excludes halogenated alkanes) is 8. The minimum Gasteiger partial charge on any atom is -0.656 e. The van der Waals surface area contributed by atoms with Gasteiger partial charge in [0, 0.05) is 99.9 Å². The molecule has 0 saturated heterocycles. The SMILES string of the molecule is FC(F)(F)CCCCC[n+]1ccccc1-c1c2nc(c(-c3cccc[n+]3CCCCCC(F)(F)F)c3ccc([n-]3)c(-c3cccc[n+]3CCCCCC(F)(F)F)c3nc(c(-c4cccc[n+]4CCCCCC(F)(F)F)c4ccc1[n-]4)C=C3)C=C2.[Mn+2]. The van der Waals surface area contributed by atoms with E-state index in [1.165, 1.54) is 0 Å². The molecule has 8 nitrogen and oxygen atoms in total. The van der Waals surface area contributed by atoms with E-state index in [0.717, 1.165) is 0 Å². The Morgan fingerprint density at radius 1 is 0.294 bits per heavy atom. The third-order valence-corrected chi connectivity index (χ3v) is 14.8. The molecule has 0 spiro atoms. The number of hydrogen-bond acceptors (Lipinski definition) is 2. The molecule has 0 fully saturated rings. The van der Waals surface area contributed by atoms with E-state index < -0.39 is 50.4 Å². The number of aryl methyl sites for hydroxylation is 4. The number of rotatable bonds is 24. The van der Waals surface area contributed by atoms with Crippen molar-refractivity contribution in [3.05, 3.63) is 145 Å². The van der Waals surface area contributed by atoms with E-state index in [4.69, 9.17) is 19.9 Å². The molecule has 1 radical (unpaired) electrons. The van der Waals surface area contributed by atoms with Crippen LogP contribution in [0.15, 0.2) is 122 Å². The van der Waals surface area contributed by atoms with Crippen molar-refractivity contribution in [3.63, 3.8) is 0 Å².